The third-order valence-electron chi connectivity index (χ3n) is 4.11. The predicted octanol–water partition coefficient (Wildman–Crippen LogP) is 2.77. The van der Waals surface area contributed by atoms with Crippen molar-refractivity contribution in [2.24, 2.45) is 0 Å². The van der Waals surface area contributed by atoms with Crippen molar-refractivity contribution in [2.45, 2.75) is 38.8 Å². The summed E-state index contributed by atoms with van der Waals surface area (Å²) in [6.45, 7) is 6.12. The zero-order chi connectivity index (χ0) is 15.2. The van der Waals surface area contributed by atoms with E-state index in [0.717, 1.165) is 49.0 Å². The Bertz CT molecular complexity index is 450. The van der Waals surface area contributed by atoms with E-state index >= 15 is 0 Å². The lowest BCUT2D eigenvalue weighted by Gasteiger charge is -2.37. The molecule has 1 atom stereocenters. The molecule has 1 fully saturated rings. The maximum Gasteiger partial charge on any atom is 0.128 e. The van der Waals surface area contributed by atoms with Crippen LogP contribution >= 0.6 is 11.6 Å². The Morgan fingerprint density at radius 2 is 2.29 bits per heavy atom. The molecule has 0 radical (unpaired) electrons. The van der Waals surface area contributed by atoms with Gasteiger partial charge in [0.25, 0.3) is 0 Å². The minimum atomic E-state index is 0.609. The van der Waals surface area contributed by atoms with Crippen molar-refractivity contribution in [3.63, 3.8) is 0 Å². The van der Waals surface area contributed by atoms with Crippen molar-refractivity contribution in [3.05, 3.63) is 22.8 Å². The minimum absolute atomic E-state index is 0.609. The predicted molar refractivity (Wildman–Crippen MR) is 90.2 cm³/mol. The van der Waals surface area contributed by atoms with Crippen molar-refractivity contribution in [1.29, 1.82) is 0 Å². The molecule has 1 saturated heterocycles. The average Bonchev–Trinajstić information content (AvgIpc) is 2.49. The number of nitrogens with one attached hydrogen (secondary N) is 1. The van der Waals surface area contributed by atoms with E-state index in [2.05, 4.69) is 47.2 Å². The van der Waals surface area contributed by atoms with Crippen LogP contribution in [0.3, 0.4) is 0 Å². The molecule has 21 heavy (non-hydrogen) atoms. The van der Waals surface area contributed by atoms with Gasteiger partial charge in [0.1, 0.15) is 5.82 Å². The highest BCUT2D eigenvalue weighted by molar-refractivity contribution is 6.31. The number of anilines is 1. The number of nitrogens with zero attached hydrogens (tertiary/aromatic N) is 3. The van der Waals surface area contributed by atoms with Gasteiger partial charge in [-0.2, -0.15) is 0 Å². The molecule has 1 aliphatic rings. The summed E-state index contributed by atoms with van der Waals surface area (Å²) in [6.07, 6.45) is 5.41. The maximum absolute atomic E-state index is 6.26. The first-order valence-electron chi connectivity index (χ1n) is 7.88. The quantitative estimate of drug-likeness (QED) is 0.819. The second-order valence-electron chi connectivity index (χ2n) is 6.02. The fourth-order valence-electron chi connectivity index (χ4n) is 2.76. The number of hydrogen-bond acceptors (Lipinski definition) is 4. The number of pyridine rings is 1. The molecule has 0 amide bonds. The van der Waals surface area contributed by atoms with E-state index in [0.29, 0.717) is 6.04 Å². The van der Waals surface area contributed by atoms with Crippen LogP contribution in [0.5, 0.6) is 0 Å². The maximum atomic E-state index is 6.26. The van der Waals surface area contributed by atoms with Crippen LogP contribution < -0.4 is 10.2 Å². The Kier molecular flexibility index (Phi) is 6.27. The summed E-state index contributed by atoms with van der Waals surface area (Å²) < 4.78 is 0. The molecule has 0 saturated carbocycles. The average molecular weight is 311 g/mol. The number of rotatable bonds is 6. The fraction of sp³-hybridized carbons (Fsp3) is 0.688. The Morgan fingerprint density at radius 1 is 1.48 bits per heavy atom. The van der Waals surface area contributed by atoms with Crippen LogP contribution in [0.1, 0.15) is 31.7 Å². The molecule has 0 bridgehead atoms. The highest BCUT2D eigenvalue weighted by Gasteiger charge is 2.22. The summed E-state index contributed by atoms with van der Waals surface area (Å²) in [5.74, 6) is 1.05. The van der Waals surface area contributed by atoms with Gasteiger partial charge in [0.2, 0.25) is 0 Å². The topological polar surface area (TPSA) is 31.4 Å². The third kappa shape index (κ3) is 4.56. The van der Waals surface area contributed by atoms with E-state index in [4.69, 9.17) is 11.6 Å². The molecular formula is C16H27ClN4. The van der Waals surface area contributed by atoms with E-state index < -0.39 is 0 Å². The fourth-order valence-corrected chi connectivity index (χ4v) is 2.93. The smallest absolute Gasteiger partial charge is 0.128 e. The number of aromatic nitrogens is 1. The lowest BCUT2D eigenvalue weighted by atomic mass is 10.0. The first kappa shape index (κ1) is 16.5. The number of piperidine rings is 1. The number of likely N-dealkylation sites (N-methyl/N-ethyl adjacent to an activating group) is 1. The molecular weight excluding hydrogens is 284 g/mol. The van der Waals surface area contributed by atoms with Gasteiger partial charge in [0.05, 0.1) is 5.02 Å². The van der Waals surface area contributed by atoms with Crippen LogP contribution in [-0.4, -0.2) is 49.7 Å². The Balaban J connectivity index is 2.06. The van der Waals surface area contributed by atoms with Crippen molar-refractivity contribution < 1.29 is 0 Å². The highest BCUT2D eigenvalue weighted by Crippen LogP contribution is 2.24. The molecule has 2 heterocycles. The molecule has 1 N–H and O–H groups in total. The van der Waals surface area contributed by atoms with Gasteiger partial charge in [-0.3, -0.25) is 0 Å². The summed E-state index contributed by atoms with van der Waals surface area (Å²) in [7, 11) is 4.31. The largest absolute Gasteiger partial charge is 0.355 e. The van der Waals surface area contributed by atoms with Crippen LogP contribution in [-0.2, 0) is 6.54 Å². The molecule has 4 nitrogen and oxygen atoms in total. The van der Waals surface area contributed by atoms with E-state index in [1.54, 1.807) is 6.20 Å². The molecule has 1 unspecified atom stereocenters. The summed E-state index contributed by atoms with van der Waals surface area (Å²) >= 11 is 6.26. The first-order chi connectivity index (χ1) is 10.1. The van der Waals surface area contributed by atoms with Crippen LogP contribution in [0.25, 0.3) is 0 Å². The molecule has 0 aromatic carbocycles. The summed E-state index contributed by atoms with van der Waals surface area (Å²) in [6, 6.07) is 2.75. The molecule has 0 aliphatic carbocycles. The SMILES string of the molecule is CCCNCc1cc(N2CCCC(N(C)C)C2)ncc1Cl. The van der Waals surface area contributed by atoms with E-state index in [-0.39, 0.29) is 0 Å². The van der Waals surface area contributed by atoms with Crippen molar-refractivity contribution in [1.82, 2.24) is 15.2 Å². The molecule has 2 rings (SSSR count). The van der Waals surface area contributed by atoms with Crippen molar-refractivity contribution >= 4 is 17.4 Å². The van der Waals surface area contributed by atoms with E-state index in [1.165, 1.54) is 12.8 Å². The molecule has 1 aromatic rings. The Hall–Kier alpha value is -0.840. The van der Waals surface area contributed by atoms with Crippen LogP contribution in [0.15, 0.2) is 12.3 Å². The lowest BCUT2D eigenvalue weighted by molar-refractivity contribution is 0.257. The second kappa shape index (κ2) is 7.97. The van der Waals surface area contributed by atoms with Crippen molar-refractivity contribution in [2.75, 3.05) is 38.6 Å². The third-order valence-corrected chi connectivity index (χ3v) is 4.45. The second-order valence-corrected chi connectivity index (χ2v) is 6.42. The van der Waals surface area contributed by atoms with Crippen LogP contribution in [0.2, 0.25) is 5.02 Å². The van der Waals surface area contributed by atoms with Gasteiger partial charge in [-0.1, -0.05) is 18.5 Å². The first-order valence-corrected chi connectivity index (χ1v) is 8.26. The summed E-state index contributed by atoms with van der Waals surface area (Å²) in [5.41, 5.74) is 1.14. The van der Waals surface area contributed by atoms with Gasteiger partial charge in [-0.15, -0.1) is 0 Å². The summed E-state index contributed by atoms with van der Waals surface area (Å²) in [5, 5.41) is 4.16. The highest BCUT2D eigenvalue weighted by atomic mass is 35.5. The Labute approximate surface area is 133 Å². The van der Waals surface area contributed by atoms with Gasteiger partial charge in [0.15, 0.2) is 0 Å². The zero-order valence-electron chi connectivity index (χ0n) is 13.4. The molecule has 118 valence electrons. The number of hydrogen-bond donors (Lipinski definition) is 1. The normalized spacial score (nSPS) is 19.3. The van der Waals surface area contributed by atoms with Gasteiger partial charge < -0.3 is 15.1 Å². The van der Waals surface area contributed by atoms with Crippen molar-refractivity contribution in [3.8, 4) is 0 Å². The van der Waals surface area contributed by atoms with E-state index in [9.17, 15) is 0 Å². The Morgan fingerprint density at radius 3 is 3.00 bits per heavy atom. The van der Waals surface area contributed by atoms with Gasteiger partial charge in [0, 0.05) is 31.9 Å². The zero-order valence-corrected chi connectivity index (χ0v) is 14.2. The molecule has 5 heteroatoms. The van der Waals surface area contributed by atoms with Gasteiger partial charge in [-0.25, -0.2) is 4.98 Å². The van der Waals surface area contributed by atoms with Crippen LogP contribution in [0.4, 0.5) is 5.82 Å². The molecule has 1 aliphatic heterocycles. The minimum Gasteiger partial charge on any atom is -0.355 e. The van der Waals surface area contributed by atoms with E-state index in [1.807, 2.05) is 0 Å². The summed E-state index contributed by atoms with van der Waals surface area (Å²) in [4.78, 5) is 9.23. The van der Waals surface area contributed by atoms with Crippen LogP contribution in [0, 0.1) is 0 Å². The van der Waals surface area contributed by atoms with Gasteiger partial charge in [-0.05, 0) is 51.5 Å². The molecule has 1 aromatic heterocycles. The lowest BCUT2D eigenvalue weighted by Crippen LogP contribution is -2.45. The monoisotopic (exact) mass is 310 g/mol. The van der Waals surface area contributed by atoms with Gasteiger partial charge >= 0.3 is 0 Å². The number of halogens is 1. The molecule has 0 spiro atoms. The standard InChI is InChI=1S/C16H27ClN4/c1-4-7-18-10-13-9-16(19-11-15(13)17)21-8-5-6-14(12-21)20(2)3/h9,11,14,18H,4-8,10,12H2,1-3H3.